The molecule has 0 aliphatic carbocycles. The summed E-state index contributed by atoms with van der Waals surface area (Å²) in [7, 11) is 0. The number of benzene rings is 2. The van der Waals surface area contributed by atoms with Gasteiger partial charge < -0.3 is 15.4 Å². The molecule has 0 radical (unpaired) electrons. The van der Waals surface area contributed by atoms with Crippen LogP contribution in [0.5, 0.6) is 5.75 Å². The van der Waals surface area contributed by atoms with Gasteiger partial charge in [0.2, 0.25) is 0 Å². The molecular weight excluding hydrogens is 364 g/mol. The molecular formula is C23H26N4O2. The van der Waals surface area contributed by atoms with Crippen LogP contribution >= 0.6 is 0 Å². The van der Waals surface area contributed by atoms with E-state index in [1.165, 1.54) is 11.8 Å². The Hall–Kier alpha value is -3.41. The number of ether oxygens (including phenoxy) is 1. The van der Waals surface area contributed by atoms with Crippen molar-refractivity contribution in [1.82, 2.24) is 15.3 Å². The maximum atomic E-state index is 12.2. The molecule has 0 spiro atoms. The fraction of sp³-hybridized carbons (Fsp3) is 0.261. The average molecular weight is 390 g/mol. The van der Waals surface area contributed by atoms with Crippen LogP contribution in [0.4, 0.5) is 11.5 Å². The fourth-order valence-electron chi connectivity index (χ4n) is 2.80. The van der Waals surface area contributed by atoms with Crippen molar-refractivity contribution in [3.05, 3.63) is 78.2 Å². The van der Waals surface area contributed by atoms with Gasteiger partial charge in [-0.3, -0.25) is 4.79 Å². The third-order valence-electron chi connectivity index (χ3n) is 4.17. The van der Waals surface area contributed by atoms with Crippen molar-refractivity contribution in [3.63, 3.8) is 0 Å². The van der Waals surface area contributed by atoms with E-state index in [2.05, 4.69) is 32.7 Å². The normalized spacial score (nSPS) is 10.6. The zero-order valence-corrected chi connectivity index (χ0v) is 16.8. The number of nitrogens with zero attached hydrogens (tertiary/aromatic N) is 2. The van der Waals surface area contributed by atoms with Crippen LogP contribution in [0.3, 0.4) is 0 Å². The van der Waals surface area contributed by atoms with Crippen molar-refractivity contribution < 1.29 is 9.53 Å². The number of aryl methyl sites for hydroxylation is 1. The largest absolute Gasteiger partial charge is 0.489 e. The molecule has 1 amide bonds. The maximum absolute atomic E-state index is 12.2. The number of hydrogen-bond donors (Lipinski definition) is 2. The zero-order chi connectivity index (χ0) is 20.5. The van der Waals surface area contributed by atoms with Crippen LogP contribution in [0.15, 0.2) is 67.0 Å². The molecule has 3 aromatic rings. The number of nitrogens with one attached hydrogen (secondary N) is 2. The van der Waals surface area contributed by atoms with Gasteiger partial charge in [0.05, 0.1) is 24.2 Å². The summed E-state index contributed by atoms with van der Waals surface area (Å²) in [6.07, 6.45) is 4.88. The second-order valence-electron chi connectivity index (χ2n) is 6.92. The van der Waals surface area contributed by atoms with E-state index in [4.69, 9.17) is 4.74 Å². The Morgan fingerprint density at radius 2 is 1.76 bits per heavy atom. The molecule has 6 nitrogen and oxygen atoms in total. The van der Waals surface area contributed by atoms with Gasteiger partial charge in [-0.1, -0.05) is 42.5 Å². The summed E-state index contributed by atoms with van der Waals surface area (Å²) in [5.41, 5.74) is 2.36. The molecule has 6 heteroatoms. The van der Waals surface area contributed by atoms with Gasteiger partial charge in [0, 0.05) is 6.54 Å². The highest BCUT2D eigenvalue weighted by molar-refractivity contribution is 5.92. The lowest BCUT2D eigenvalue weighted by molar-refractivity contribution is 0.0948. The van der Waals surface area contributed by atoms with Crippen LogP contribution < -0.4 is 15.4 Å². The highest BCUT2D eigenvalue weighted by Gasteiger charge is 2.09. The van der Waals surface area contributed by atoms with Crippen LogP contribution in [0, 0.1) is 0 Å². The summed E-state index contributed by atoms with van der Waals surface area (Å²) < 4.78 is 5.79. The molecule has 150 valence electrons. The van der Waals surface area contributed by atoms with E-state index >= 15 is 0 Å². The molecule has 1 aromatic heterocycles. The minimum atomic E-state index is -0.222. The first kappa shape index (κ1) is 20.3. The molecule has 0 saturated carbocycles. The summed E-state index contributed by atoms with van der Waals surface area (Å²) in [5.74, 6) is 1.07. The standard InChI is InChI=1S/C23H26N4O2/c1-17(2)29-21-13-7-6-12-19(21)27-22-16-25-20(15-26-22)23(28)24-14-8-11-18-9-4-3-5-10-18/h3-7,9-10,12-13,15-17H,8,11,14H2,1-2H3,(H,24,28)(H,26,27). The topological polar surface area (TPSA) is 76.1 Å². The molecule has 0 aliphatic heterocycles. The summed E-state index contributed by atoms with van der Waals surface area (Å²) in [6.45, 7) is 4.54. The van der Waals surface area contributed by atoms with E-state index in [1.54, 1.807) is 6.20 Å². The third-order valence-corrected chi connectivity index (χ3v) is 4.17. The number of rotatable bonds is 9. The van der Waals surface area contributed by atoms with Crippen molar-refractivity contribution in [2.75, 3.05) is 11.9 Å². The molecule has 2 aromatic carbocycles. The minimum Gasteiger partial charge on any atom is -0.489 e. The van der Waals surface area contributed by atoms with Gasteiger partial charge >= 0.3 is 0 Å². The van der Waals surface area contributed by atoms with Gasteiger partial charge in [0.1, 0.15) is 17.3 Å². The van der Waals surface area contributed by atoms with Gasteiger partial charge in [-0.05, 0) is 44.4 Å². The molecule has 0 bridgehead atoms. The summed E-state index contributed by atoms with van der Waals surface area (Å²) in [6, 6.07) is 17.9. The van der Waals surface area contributed by atoms with E-state index in [-0.39, 0.29) is 12.0 Å². The second-order valence-corrected chi connectivity index (χ2v) is 6.92. The molecule has 29 heavy (non-hydrogen) atoms. The lowest BCUT2D eigenvalue weighted by Crippen LogP contribution is -2.25. The first-order chi connectivity index (χ1) is 14.1. The first-order valence-electron chi connectivity index (χ1n) is 9.78. The molecule has 3 rings (SSSR count). The van der Waals surface area contributed by atoms with Gasteiger partial charge in [-0.25, -0.2) is 9.97 Å². The molecule has 0 aliphatic rings. The van der Waals surface area contributed by atoms with E-state index in [0.717, 1.165) is 24.3 Å². The summed E-state index contributed by atoms with van der Waals surface area (Å²) >= 11 is 0. The van der Waals surface area contributed by atoms with E-state index in [0.29, 0.717) is 18.1 Å². The van der Waals surface area contributed by atoms with Crippen LogP contribution in [0.2, 0.25) is 0 Å². The van der Waals surface area contributed by atoms with Crippen LogP contribution in [-0.4, -0.2) is 28.5 Å². The van der Waals surface area contributed by atoms with Gasteiger partial charge in [-0.2, -0.15) is 0 Å². The van der Waals surface area contributed by atoms with Crippen molar-refractivity contribution in [2.45, 2.75) is 32.8 Å². The number of amides is 1. The lowest BCUT2D eigenvalue weighted by Gasteiger charge is -2.15. The number of carbonyl (C=O) groups is 1. The Bertz CT molecular complexity index is 912. The summed E-state index contributed by atoms with van der Waals surface area (Å²) in [4.78, 5) is 20.8. The first-order valence-corrected chi connectivity index (χ1v) is 9.78. The van der Waals surface area contributed by atoms with Crippen molar-refractivity contribution in [2.24, 2.45) is 0 Å². The molecule has 1 heterocycles. The minimum absolute atomic E-state index is 0.0667. The predicted octanol–water partition coefficient (Wildman–Crippen LogP) is 4.37. The Labute approximate surface area is 171 Å². The number of hydrogen-bond acceptors (Lipinski definition) is 5. The van der Waals surface area contributed by atoms with Crippen molar-refractivity contribution in [3.8, 4) is 5.75 Å². The number of anilines is 2. The van der Waals surface area contributed by atoms with Crippen LogP contribution in [0.1, 0.15) is 36.3 Å². The van der Waals surface area contributed by atoms with Gasteiger partial charge in [-0.15, -0.1) is 0 Å². The van der Waals surface area contributed by atoms with Crippen molar-refractivity contribution >= 4 is 17.4 Å². The summed E-state index contributed by atoms with van der Waals surface area (Å²) in [5, 5.41) is 6.07. The second kappa shape index (κ2) is 10.2. The Balaban J connectivity index is 1.51. The van der Waals surface area contributed by atoms with Gasteiger partial charge in [0.15, 0.2) is 0 Å². The predicted molar refractivity (Wildman–Crippen MR) is 115 cm³/mol. The molecule has 0 fully saturated rings. The quantitative estimate of drug-likeness (QED) is 0.531. The lowest BCUT2D eigenvalue weighted by atomic mass is 10.1. The number of para-hydroxylation sites is 2. The SMILES string of the molecule is CC(C)Oc1ccccc1Nc1cnc(C(=O)NCCCc2ccccc2)cn1. The highest BCUT2D eigenvalue weighted by Crippen LogP contribution is 2.27. The average Bonchev–Trinajstić information content (AvgIpc) is 2.73. The van der Waals surface area contributed by atoms with Crippen molar-refractivity contribution in [1.29, 1.82) is 0 Å². The molecule has 0 saturated heterocycles. The maximum Gasteiger partial charge on any atom is 0.271 e. The monoisotopic (exact) mass is 390 g/mol. The van der Waals surface area contributed by atoms with E-state index < -0.39 is 0 Å². The Kier molecular flexibility index (Phi) is 7.16. The van der Waals surface area contributed by atoms with Crippen LogP contribution in [-0.2, 0) is 6.42 Å². The Morgan fingerprint density at radius 1 is 1.00 bits per heavy atom. The van der Waals surface area contributed by atoms with E-state index in [9.17, 15) is 4.79 Å². The van der Waals surface area contributed by atoms with E-state index in [1.807, 2.05) is 56.3 Å². The number of aromatic nitrogens is 2. The highest BCUT2D eigenvalue weighted by atomic mass is 16.5. The molecule has 2 N–H and O–H groups in total. The molecule has 0 atom stereocenters. The van der Waals surface area contributed by atoms with Gasteiger partial charge in [0.25, 0.3) is 5.91 Å². The zero-order valence-electron chi connectivity index (χ0n) is 16.8. The number of carbonyl (C=O) groups excluding carboxylic acids is 1. The fourth-order valence-corrected chi connectivity index (χ4v) is 2.80. The smallest absolute Gasteiger partial charge is 0.271 e. The van der Waals surface area contributed by atoms with Crippen LogP contribution in [0.25, 0.3) is 0 Å². The molecule has 0 unspecified atom stereocenters. The third kappa shape index (κ3) is 6.31. The Morgan fingerprint density at radius 3 is 2.48 bits per heavy atom.